The predicted octanol–water partition coefficient (Wildman–Crippen LogP) is 2.40. The van der Waals surface area contributed by atoms with E-state index in [4.69, 9.17) is 10.00 Å². The van der Waals surface area contributed by atoms with Gasteiger partial charge in [0.25, 0.3) is 0 Å². The monoisotopic (exact) mass is 334 g/mol. The molecular weight excluding hydrogens is 319 g/mol. The molecule has 0 saturated heterocycles. The number of hydrogen-bond acceptors (Lipinski definition) is 4. The van der Waals surface area contributed by atoms with E-state index in [0.29, 0.717) is 5.75 Å². The molecule has 0 N–H and O–H groups in total. The smallest absolute Gasteiger partial charge is 0.242 e. The second kappa shape index (κ2) is 7.22. The Hall–Kier alpha value is -2.43. The number of halogens is 1. The minimum Gasteiger partial charge on any atom is -0.492 e. The van der Waals surface area contributed by atoms with Crippen LogP contribution in [0.1, 0.15) is 5.56 Å². The zero-order valence-corrected chi connectivity index (χ0v) is 13.3. The molecule has 7 heteroatoms. The number of rotatable bonds is 6. The van der Waals surface area contributed by atoms with Crippen molar-refractivity contribution in [1.29, 1.82) is 5.26 Å². The molecule has 23 heavy (non-hydrogen) atoms. The second-order valence-electron chi connectivity index (χ2n) is 4.77. The molecule has 0 aliphatic rings. The van der Waals surface area contributed by atoms with Crippen molar-refractivity contribution >= 4 is 10.0 Å². The minimum absolute atomic E-state index is 0.0563. The van der Waals surface area contributed by atoms with E-state index < -0.39 is 10.0 Å². The SMILES string of the molecule is CN(CCOc1ccc(F)cc1)S(=O)(=O)c1cccc(C#N)c1. The highest BCUT2D eigenvalue weighted by Crippen LogP contribution is 2.16. The van der Waals surface area contributed by atoms with E-state index in [-0.39, 0.29) is 29.4 Å². The van der Waals surface area contributed by atoms with Crippen LogP contribution in [-0.4, -0.2) is 32.9 Å². The van der Waals surface area contributed by atoms with Crippen LogP contribution in [-0.2, 0) is 10.0 Å². The fourth-order valence-corrected chi connectivity index (χ4v) is 3.05. The van der Waals surface area contributed by atoms with Crippen molar-refractivity contribution in [1.82, 2.24) is 4.31 Å². The molecule has 0 amide bonds. The first kappa shape index (κ1) is 16.9. The van der Waals surface area contributed by atoms with Gasteiger partial charge in [-0.2, -0.15) is 9.57 Å². The lowest BCUT2D eigenvalue weighted by Crippen LogP contribution is -2.31. The highest BCUT2D eigenvalue weighted by molar-refractivity contribution is 7.89. The molecule has 2 aromatic rings. The predicted molar refractivity (Wildman–Crippen MR) is 82.9 cm³/mol. The van der Waals surface area contributed by atoms with Crippen LogP contribution in [0.3, 0.4) is 0 Å². The molecule has 0 saturated carbocycles. The van der Waals surface area contributed by atoms with Crippen molar-refractivity contribution in [3.05, 3.63) is 59.9 Å². The summed E-state index contributed by atoms with van der Waals surface area (Å²) in [5, 5.41) is 8.85. The minimum atomic E-state index is -3.69. The van der Waals surface area contributed by atoms with Crippen molar-refractivity contribution in [3.63, 3.8) is 0 Å². The maximum absolute atomic E-state index is 12.8. The normalized spacial score (nSPS) is 11.2. The van der Waals surface area contributed by atoms with Crippen molar-refractivity contribution in [3.8, 4) is 11.8 Å². The number of benzene rings is 2. The van der Waals surface area contributed by atoms with Crippen molar-refractivity contribution in [2.45, 2.75) is 4.90 Å². The topological polar surface area (TPSA) is 70.4 Å². The van der Waals surface area contributed by atoms with Crippen LogP contribution >= 0.6 is 0 Å². The van der Waals surface area contributed by atoms with Crippen LogP contribution < -0.4 is 4.74 Å². The highest BCUT2D eigenvalue weighted by atomic mass is 32.2. The molecule has 0 spiro atoms. The summed E-state index contributed by atoms with van der Waals surface area (Å²) in [5.41, 5.74) is 0.280. The van der Waals surface area contributed by atoms with Crippen LogP contribution in [0.2, 0.25) is 0 Å². The number of likely N-dealkylation sites (N-methyl/N-ethyl adjacent to an activating group) is 1. The molecule has 0 fully saturated rings. The molecule has 0 heterocycles. The summed E-state index contributed by atoms with van der Waals surface area (Å²) in [5.74, 6) is 0.0955. The standard InChI is InChI=1S/C16H15FN2O3S/c1-19(9-10-22-15-7-5-14(17)6-8-15)23(20,21)16-4-2-3-13(11-16)12-18/h2-8,11H,9-10H2,1H3. The van der Waals surface area contributed by atoms with Gasteiger partial charge in [-0.1, -0.05) is 6.07 Å². The Morgan fingerprint density at radius 1 is 1.22 bits per heavy atom. The summed E-state index contributed by atoms with van der Waals surface area (Å²) in [6.45, 7) is 0.246. The highest BCUT2D eigenvalue weighted by Gasteiger charge is 2.20. The largest absolute Gasteiger partial charge is 0.492 e. The summed E-state index contributed by atoms with van der Waals surface area (Å²) >= 11 is 0. The van der Waals surface area contributed by atoms with E-state index in [2.05, 4.69) is 0 Å². The van der Waals surface area contributed by atoms with E-state index in [0.717, 1.165) is 4.31 Å². The number of ether oxygens (including phenoxy) is 1. The Morgan fingerprint density at radius 2 is 1.91 bits per heavy atom. The van der Waals surface area contributed by atoms with Crippen molar-refractivity contribution < 1.29 is 17.5 Å². The quantitative estimate of drug-likeness (QED) is 0.813. The van der Waals surface area contributed by atoms with Crippen molar-refractivity contribution in [2.24, 2.45) is 0 Å². The van der Waals surface area contributed by atoms with Gasteiger partial charge in [-0.05, 0) is 42.5 Å². The summed E-state index contributed by atoms with van der Waals surface area (Å²) in [6.07, 6.45) is 0. The first-order valence-corrected chi connectivity index (χ1v) is 8.22. The van der Waals surface area contributed by atoms with E-state index >= 15 is 0 Å². The molecule has 2 aromatic carbocycles. The first-order chi connectivity index (χ1) is 10.9. The molecule has 0 aliphatic heterocycles. The fourth-order valence-electron chi connectivity index (χ4n) is 1.85. The Balaban J connectivity index is 2.00. The number of hydrogen-bond donors (Lipinski definition) is 0. The Morgan fingerprint density at radius 3 is 2.57 bits per heavy atom. The van der Waals surface area contributed by atoms with Crippen LogP contribution in [0.5, 0.6) is 5.75 Å². The number of nitriles is 1. The van der Waals surface area contributed by atoms with Gasteiger partial charge < -0.3 is 4.74 Å². The van der Waals surface area contributed by atoms with Crippen LogP contribution in [0.25, 0.3) is 0 Å². The maximum atomic E-state index is 12.8. The molecule has 2 rings (SSSR count). The Bertz CT molecular complexity index is 814. The third kappa shape index (κ3) is 4.28. The van der Waals surface area contributed by atoms with Gasteiger partial charge in [-0.25, -0.2) is 12.8 Å². The average Bonchev–Trinajstić information content (AvgIpc) is 2.56. The second-order valence-corrected chi connectivity index (χ2v) is 6.81. The third-order valence-electron chi connectivity index (χ3n) is 3.16. The van der Waals surface area contributed by atoms with Gasteiger partial charge in [0.05, 0.1) is 16.5 Å². The summed E-state index contributed by atoms with van der Waals surface area (Å²) in [6, 6.07) is 13.2. The summed E-state index contributed by atoms with van der Waals surface area (Å²) in [7, 11) is -2.26. The zero-order valence-electron chi connectivity index (χ0n) is 12.4. The molecule has 0 aliphatic carbocycles. The molecule has 0 radical (unpaired) electrons. The van der Waals surface area contributed by atoms with E-state index in [1.807, 2.05) is 6.07 Å². The molecule has 0 aromatic heterocycles. The van der Waals surface area contributed by atoms with Gasteiger partial charge in [0.2, 0.25) is 10.0 Å². The Kier molecular flexibility index (Phi) is 5.32. The van der Waals surface area contributed by atoms with Crippen LogP contribution in [0, 0.1) is 17.1 Å². The average molecular weight is 334 g/mol. The van der Waals surface area contributed by atoms with Gasteiger partial charge in [-0.3, -0.25) is 0 Å². The van der Waals surface area contributed by atoms with E-state index in [1.54, 1.807) is 0 Å². The van der Waals surface area contributed by atoms with Gasteiger partial charge in [0.15, 0.2) is 0 Å². The molecule has 0 atom stereocenters. The Labute approximate surface area is 134 Å². The first-order valence-electron chi connectivity index (χ1n) is 6.78. The van der Waals surface area contributed by atoms with E-state index in [1.165, 1.54) is 55.6 Å². The number of nitrogens with zero attached hydrogens (tertiary/aromatic N) is 2. The van der Waals surface area contributed by atoms with Crippen LogP contribution in [0.15, 0.2) is 53.4 Å². The van der Waals surface area contributed by atoms with Gasteiger partial charge in [-0.15, -0.1) is 0 Å². The molecule has 120 valence electrons. The molecule has 5 nitrogen and oxygen atoms in total. The number of sulfonamides is 1. The van der Waals surface area contributed by atoms with Gasteiger partial charge in [0.1, 0.15) is 18.2 Å². The van der Waals surface area contributed by atoms with Gasteiger partial charge >= 0.3 is 0 Å². The third-order valence-corrected chi connectivity index (χ3v) is 5.01. The van der Waals surface area contributed by atoms with Crippen LogP contribution in [0.4, 0.5) is 4.39 Å². The van der Waals surface area contributed by atoms with Gasteiger partial charge in [0, 0.05) is 13.6 Å². The van der Waals surface area contributed by atoms with Crippen molar-refractivity contribution in [2.75, 3.05) is 20.2 Å². The lowest BCUT2D eigenvalue weighted by Gasteiger charge is -2.17. The fraction of sp³-hybridized carbons (Fsp3) is 0.188. The molecular formula is C16H15FN2O3S. The molecule has 0 bridgehead atoms. The summed E-state index contributed by atoms with van der Waals surface area (Å²) < 4.78 is 44.1. The lowest BCUT2D eigenvalue weighted by molar-refractivity contribution is 0.286. The zero-order chi connectivity index (χ0) is 16.9. The maximum Gasteiger partial charge on any atom is 0.242 e. The summed E-state index contributed by atoms with van der Waals surface area (Å²) in [4.78, 5) is 0.0563. The lowest BCUT2D eigenvalue weighted by atomic mass is 10.2. The van der Waals surface area contributed by atoms with E-state index in [9.17, 15) is 12.8 Å². The molecule has 0 unspecified atom stereocenters.